The van der Waals surface area contributed by atoms with Crippen LogP contribution >= 0.6 is 0 Å². The van der Waals surface area contributed by atoms with E-state index in [1.165, 1.54) is 5.57 Å². The maximum atomic E-state index is 5.65. The predicted octanol–water partition coefficient (Wildman–Crippen LogP) is 4.04. The largest absolute Gasteiger partial charge is 0.489 e. The summed E-state index contributed by atoms with van der Waals surface area (Å²) < 4.78 is 5.65. The molecule has 0 atom stereocenters. The molecule has 0 aliphatic rings. The van der Waals surface area contributed by atoms with E-state index in [-0.39, 0.29) is 5.54 Å². The maximum Gasteiger partial charge on any atom is 0.126 e. The highest BCUT2D eigenvalue weighted by Crippen LogP contribution is 2.21. The molecule has 0 saturated carbocycles. The van der Waals surface area contributed by atoms with Gasteiger partial charge in [-0.1, -0.05) is 42.5 Å². The van der Waals surface area contributed by atoms with Crippen molar-refractivity contribution in [2.45, 2.75) is 33.2 Å². The fourth-order valence-corrected chi connectivity index (χ4v) is 1.60. The molecule has 0 fully saturated rings. The lowest BCUT2D eigenvalue weighted by Gasteiger charge is -2.20. The Kier molecular flexibility index (Phi) is 5.84. The molecule has 1 N–H and O–H groups in total. The van der Waals surface area contributed by atoms with Crippen LogP contribution in [0.25, 0.3) is 6.08 Å². The van der Waals surface area contributed by atoms with Crippen LogP contribution in [-0.2, 0) is 0 Å². The van der Waals surface area contributed by atoms with Crippen LogP contribution in [0.4, 0.5) is 0 Å². The van der Waals surface area contributed by atoms with Gasteiger partial charge in [0.2, 0.25) is 0 Å². The van der Waals surface area contributed by atoms with E-state index < -0.39 is 0 Å². The molecule has 0 saturated heterocycles. The molecule has 0 aliphatic carbocycles. The Morgan fingerprint density at radius 2 is 2.00 bits per heavy atom. The molecule has 1 rings (SSSR count). The number of hydrogen-bond acceptors (Lipinski definition) is 2. The minimum Gasteiger partial charge on any atom is -0.489 e. The van der Waals surface area contributed by atoms with Gasteiger partial charge in [-0.15, -0.1) is 0 Å². The Morgan fingerprint density at radius 1 is 1.32 bits per heavy atom. The van der Waals surface area contributed by atoms with Crippen molar-refractivity contribution in [3.05, 3.63) is 48.1 Å². The number of nitrogens with one attached hydrogen (secondary N) is 1. The zero-order valence-electron chi connectivity index (χ0n) is 12.5. The lowest BCUT2D eigenvalue weighted by molar-refractivity contribution is 0.362. The maximum absolute atomic E-state index is 5.65. The summed E-state index contributed by atoms with van der Waals surface area (Å²) in [4.78, 5) is 0. The predicted molar refractivity (Wildman–Crippen MR) is 83.5 cm³/mol. The third-order valence-corrected chi connectivity index (χ3v) is 2.58. The smallest absolute Gasteiger partial charge is 0.126 e. The molecule has 0 aromatic heterocycles. The fraction of sp³-hybridized carbons (Fsp3) is 0.412. The molecule has 2 heteroatoms. The van der Waals surface area contributed by atoms with Gasteiger partial charge in [-0.2, -0.15) is 0 Å². The highest BCUT2D eigenvalue weighted by molar-refractivity contribution is 5.59. The van der Waals surface area contributed by atoms with Gasteiger partial charge in [0.05, 0.1) is 0 Å². The van der Waals surface area contributed by atoms with Gasteiger partial charge in [0, 0.05) is 17.6 Å². The molecule has 0 amide bonds. The fourth-order valence-electron chi connectivity index (χ4n) is 1.60. The lowest BCUT2D eigenvalue weighted by Crippen LogP contribution is -2.36. The van der Waals surface area contributed by atoms with Crippen molar-refractivity contribution in [2.75, 3.05) is 13.2 Å². The second-order valence-electron chi connectivity index (χ2n) is 5.73. The van der Waals surface area contributed by atoms with Crippen LogP contribution in [0.15, 0.2) is 42.5 Å². The molecule has 1 aromatic carbocycles. The molecule has 0 heterocycles. The van der Waals surface area contributed by atoms with Crippen LogP contribution in [-0.4, -0.2) is 18.7 Å². The van der Waals surface area contributed by atoms with Crippen molar-refractivity contribution in [2.24, 2.45) is 0 Å². The standard InChI is InChI=1S/C17H25NO/c1-6-11-19-16-10-8-7-9-15(16)12-14(2)13-18-17(3,4)5/h6-10,12,18H,1,11,13H2,2-5H3. The van der Waals surface area contributed by atoms with Crippen LogP contribution in [0, 0.1) is 0 Å². The Hall–Kier alpha value is -1.54. The topological polar surface area (TPSA) is 21.3 Å². The van der Waals surface area contributed by atoms with Crippen molar-refractivity contribution < 1.29 is 4.74 Å². The first kappa shape index (κ1) is 15.5. The zero-order valence-corrected chi connectivity index (χ0v) is 12.5. The number of hydrogen-bond donors (Lipinski definition) is 1. The van der Waals surface area contributed by atoms with Gasteiger partial charge in [-0.05, 0) is 33.8 Å². The van der Waals surface area contributed by atoms with Gasteiger partial charge in [0.15, 0.2) is 0 Å². The van der Waals surface area contributed by atoms with E-state index in [1.54, 1.807) is 6.08 Å². The summed E-state index contributed by atoms with van der Waals surface area (Å²) in [5.74, 6) is 0.900. The summed E-state index contributed by atoms with van der Waals surface area (Å²) in [6.07, 6.45) is 3.92. The minimum atomic E-state index is 0.133. The van der Waals surface area contributed by atoms with Gasteiger partial charge in [0.25, 0.3) is 0 Å². The second kappa shape index (κ2) is 7.15. The monoisotopic (exact) mass is 259 g/mol. The Balaban J connectivity index is 2.76. The van der Waals surface area contributed by atoms with Crippen LogP contribution in [0.3, 0.4) is 0 Å². The molecule has 104 valence electrons. The van der Waals surface area contributed by atoms with E-state index in [9.17, 15) is 0 Å². The van der Waals surface area contributed by atoms with Gasteiger partial charge in [-0.25, -0.2) is 0 Å². The van der Waals surface area contributed by atoms with E-state index in [0.717, 1.165) is 17.9 Å². The van der Waals surface area contributed by atoms with Crippen LogP contribution in [0.2, 0.25) is 0 Å². The first-order valence-corrected chi connectivity index (χ1v) is 6.67. The first-order chi connectivity index (χ1) is 8.92. The van der Waals surface area contributed by atoms with E-state index in [0.29, 0.717) is 6.61 Å². The van der Waals surface area contributed by atoms with E-state index in [1.807, 2.05) is 18.2 Å². The van der Waals surface area contributed by atoms with Crippen molar-refractivity contribution in [1.29, 1.82) is 0 Å². The zero-order chi connectivity index (χ0) is 14.3. The summed E-state index contributed by atoms with van der Waals surface area (Å²) in [5, 5.41) is 3.48. The van der Waals surface area contributed by atoms with Crippen molar-refractivity contribution in [3.8, 4) is 5.75 Å². The Labute approximate surface area is 117 Å². The number of rotatable bonds is 6. The highest BCUT2D eigenvalue weighted by atomic mass is 16.5. The van der Waals surface area contributed by atoms with E-state index in [2.05, 4.69) is 51.7 Å². The molecule has 0 bridgehead atoms. The van der Waals surface area contributed by atoms with Crippen LogP contribution in [0.1, 0.15) is 33.3 Å². The number of benzene rings is 1. The molecule has 1 aromatic rings. The summed E-state index contributed by atoms with van der Waals surface area (Å²) >= 11 is 0. The average molecular weight is 259 g/mol. The highest BCUT2D eigenvalue weighted by Gasteiger charge is 2.08. The third-order valence-electron chi connectivity index (χ3n) is 2.58. The minimum absolute atomic E-state index is 0.133. The number of ether oxygens (including phenoxy) is 1. The van der Waals surface area contributed by atoms with Gasteiger partial charge >= 0.3 is 0 Å². The second-order valence-corrected chi connectivity index (χ2v) is 5.73. The molecule has 0 unspecified atom stereocenters. The van der Waals surface area contributed by atoms with E-state index in [4.69, 9.17) is 4.74 Å². The first-order valence-electron chi connectivity index (χ1n) is 6.67. The van der Waals surface area contributed by atoms with Crippen molar-refractivity contribution >= 4 is 6.08 Å². The van der Waals surface area contributed by atoms with Crippen LogP contribution < -0.4 is 10.1 Å². The summed E-state index contributed by atoms with van der Waals surface area (Å²) in [7, 11) is 0. The van der Waals surface area contributed by atoms with Gasteiger partial charge < -0.3 is 10.1 Å². The summed E-state index contributed by atoms with van der Waals surface area (Å²) in [5.41, 5.74) is 2.52. The number of para-hydroxylation sites is 1. The SMILES string of the molecule is C=CCOc1ccccc1C=C(C)CNC(C)(C)C. The molecule has 0 aliphatic heterocycles. The van der Waals surface area contributed by atoms with Crippen molar-refractivity contribution in [1.82, 2.24) is 5.32 Å². The summed E-state index contributed by atoms with van der Waals surface area (Å²) in [6.45, 7) is 13.7. The molecule has 19 heavy (non-hydrogen) atoms. The Bertz CT molecular complexity index is 441. The van der Waals surface area contributed by atoms with Crippen LogP contribution in [0.5, 0.6) is 5.75 Å². The quantitative estimate of drug-likeness (QED) is 0.778. The Morgan fingerprint density at radius 3 is 2.63 bits per heavy atom. The average Bonchev–Trinajstić information content (AvgIpc) is 2.34. The van der Waals surface area contributed by atoms with E-state index >= 15 is 0 Å². The molecule has 0 spiro atoms. The molecular formula is C17H25NO. The molecular weight excluding hydrogens is 234 g/mol. The normalized spacial score (nSPS) is 12.3. The van der Waals surface area contributed by atoms with Gasteiger partial charge in [0.1, 0.15) is 12.4 Å². The third kappa shape index (κ3) is 6.25. The summed E-state index contributed by atoms with van der Waals surface area (Å²) in [6, 6.07) is 8.06. The molecule has 0 radical (unpaired) electrons. The lowest BCUT2D eigenvalue weighted by atomic mass is 10.1. The molecule has 2 nitrogen and oxygen atoms in total. The van der Waals surface area contributed by atoms with Gasteiger partial charge in [-0.3, -0.25) is 0 Å². The van der Waals surface area contributed by atoms with Crippen molar-refractivity contribution in [3.63, 3.8) is 0 Å².